The molecule has 2 aromatic carbocycles. The zero-order chi connectivity index (χ0) is 14.0. The molecule has 2 rings (SSSR count). The Morgan fingerprint density at radius 2 is 2.05 bits per heavy atom. The van der Waals surface area contributed by atoms with Crippen molar-refractivity contribution in [1.29, 1.82) is 0 Å². The molecule has 0 N–H and O–H groups in total. The molecule has 0 saturated heterocycles. The molecular formula is C14H9BrClFO2. The smallest absolute Gasteiger partial charge is 0.196 e. The summed E-state index contributed by atoms with van der Waals surface area (Å²) in [7, 11) is 1.50. The van der Waals surface area contributed by atoms with E-state index in [1.54, 1.807) is 30.3 Å². The van der Waals surface area contributed by atoms with E-state index in [-0.39, 0.29) is 10.6 Å². The Morgan fingerprint density at radius 1 is 1.32 bits per heavy atom. The summed E-state index contributed by atoms with van der Waals surface area (Å²) in [6, 6.07) is 9.47. The minimum Gasteiger partial charge on any atom is -0.497 e. The number of ether oxygens (including phenoxy) is 1. The maximum atomic E-state index is 14.0. The van der Waals surface area contributed by atoms with Crippen molar-refractivity contribution in [3.63, 3.8) is 0 Å². The van der Waals surface area contributed by atoms with E-state index in [1.165, 1.54) is 13.2 Å². The van der Waals surface area contributed by atoms with Gasteiger partial charge >= 0.3 is 0 Å². The molecule has 0 spiro atoms. The maximum Gasteiger partial charge on any atom is 0.196 e. The first kappa shape index (κ1) is 14.0. The van der Waals surface area contributed by atoms with Crippen LogP contribution in [0.4, 0.5) is 4.39 Å². The van der Waals surface area contributed by atoms with Gasteiger partial charge in [0.1, 0.15) is 5.75 Å². The second-order valence-electron chi connectivity index (χ2n) is 3.78. The summed E-state index contributed by atoms with van der Waals surface area (Å²) in [6.07, 6.45) is 0. The molecule has 0 unspecified atom stereocenters. The number of benzene rings is 2. The molecule has 0 saturated carbocycles. The van der Waals surface area contributed by atoms with Crippen LogP contribution >= 0.6 is 27.5 Å². The Hall–Kier alpha value is -1.39. The lowest BCUT2D eigenvalue weighted by Crippen LogP contribution is -2.05. The molecule has 0 aliphatic rings. The maximum absolute atomic E-state index is 14.0. The van der Waals surface area contributed by atoms with E-state index in [1.807, 2.05) is 0 Å². The third kappa shape index (κ3) is 2.80. The van der Waals surface area contributed by atoms with Gasteiger partial charge in [-0.2, -0.15) is 0 Å². The summed E-state index contributed by atoms with van der Waals surface area (Å²) in [5.41, 5.74) is 0.276. The minimum absolute atomic E-state index is 0.0681. The number of hydrogen-bond donors (Lipinski definition) is 0. The second kappa shape index (κ2) is 5.72. The van der Waals surface area contributed by atoms with E-state index in [0.29, 0.717) is 15.8 Å². The largest absolute Gasteiger partial charge is 0.497 e. The van der Waals surface area contributed by atoms with Gasteiger partial charge in [-0.1, -0.05) is 23.7 Å². The standard InChI is InChI=1S/C14H9BrClFO2/c1-19-9-4-2-3-8(7-9)14(18)10-5-6-11(15)12(16)13(10)17/h2-7H,1H3. The van der Waals surface area contributed by atoms with Gasteiger partial charge in [0.2, 0.25) is 0 Å². The molecule has 0 radical (unpaired) electrons. The molecule has 0 bridgehead atoms. The Balaban J connectivity index is 2.47. The first-order valence-electron chi connectivity index (χ1n) is 5.37. The van der Waals surface area contributed by atoms with Crippen molar-refractivity contribution in [1.82, 2.24) is 0 Å². The van der Waals surface area contributed by atoms with Crippen LogP contribution in [-0.2, 0) is 0 Å². The lowest BCUT2D eigenvalue weighted by atomic mass is 10.0. The van der Waals surface area contributed by atoms with Crippen LogP contribution in [0, 0.1) is 5.82 Å². The van der Waals surface area contributed by atoms with Crippen molar-refractivity contribution < 1.29 is 13.9 Å². The van der Waals surface area contributed by atoms with Crippen molar-refractivity contribution in [2.75, 3.05) is 7.11 Å². The molecule has 0 amide bonds. The average molecular weight is 344 g/mol. The zero-order valence-electron chi connectivity index (χ0n) is 9.91. The van der Waals surface area contributed by atoms with Crippen LogP contribution in [0.25, 0.3) is 0 Å². The third-order valence-electron chi connectivity index (χ3n) is 2.61. The molecule has 2 nitrogen and oxygen atoms in total. The van der Waals surface area contributed by atoms with Gasteiger partial charge in [0.25, 0.3) is 0 Å². The van der Waals surface area contributed by atoms with Crippen molar-refractivity contribution in [3.8, 4) is 5.75 Å². The van der Waals surface area contributed by atoms with E-state index >= 15 is 0 Å². The molecule has 0 aromatic heterocycles. The predicted octanol–water partition coefficient (Wildman–Crippen LogP) is 4.48. The van der Waals surface area contributed by atoms with Gasteiger partial charge in [0, 0.05) is 10.0 Å². The monoisotopic (exact) mass is 342 g/mol. The molecule has 19 heavy (non-hydrogen) atoms. The van der Waals surface area contributed by atoms with Crippen molar-refractivity contribution in [2.45, 2.75) is 0 Å². The first-order chi connectivity index (χ1) is 9.04. The van der Waals surface area contributed by atoms with E-state index in [4.69, 9.17) is 16.3 Å². The Labute approximate surface area is 123 Å². The van der Waals surface area contributed by atoms with E-state index in [9.17, 15) is 9.18 Å². The summed E-state index contributed by atoms with van der Waals surface area (Å²) in [5, 5.41) is -0.103. The van der Waals surface area contributed by atoms with Crippen LogP contribution in [0.5, 0.6) is 5.75 Å². The van der Waals surface area contributed by atoms with Gasteiger partial charge in [0.15, 0.2) is 11.6 Å². The Bertz CT molecular complexity index is 643. The van der Waals surface area contributed by atoms with Crippen LogP contribution in [0.2, 0.25) is 5.02 Å². The van der Waals surface area contributed by atoms with Crippen LogP contribution in [0.3, 0.4) is 0 Å². The number of rotatable bonds is 3. The van der Waals surface area contributed by atoms with Crippen molar-refractivity contribution in [2.24, 2.45) is 0 Å². The van der Waals surface area contributed by atoms with E-state index in [2.05, 4.69) is 15.9 Å². The lowest BCUT2D eigenvalue weighted by Gasteiger charge is -2.07. The third-order valence-corrected chi connectivity index (χ3v) is 3.87. The van der Waals surface area contributed by atoms with Gasteiger partial charge in [-0.05, 0) is 40.2 Å². The highest BCUT2D eigenvalue weighted by Gasteiger charge is 2.18. The van der Waals surface area contributed by atoms with Gasteiger partial charge in [-0.25, -0.2) is 4.39 Å². The summed E-state index contributed by atoms with van der Waals surface area (Å²) in [6.45, 7) is 0. The molecule has 98 valence electrons. The van der Waals surface area contributed by atoms with Gasteiger partial charge in [0.05, 0.1) is 17.7 Å². The SMILES string of the molecule is COc1cccc(C(=O)c2ccc(Br)c(Cl)c2F)c1. The average Bonchev–Trinajstić information content (AvgIpc) is 2.44. The number of methoxy groups -OCH3 is 1. The van der Waals surface area contributed by atoms with Crippen molar-refractivity contribution >= 4 is 33.3 Å². The number of ketones is 1. The Kier molecular flexibility index (Phi) is 4.22. The molecule has 0 aliphatic carbocycles. The molecule has 0 fully saturated rings. The van der Waals surface area contributed by atoms with Crippen LogP contribution in [0.1, 0.15) is 15.9 Å². The zero-order valence-corrected chi connectivity index (χ0v) is 12.3. The van der Waals surface area contributed by atoms with E-state index in [0.717, 1.165) is 0 Å². The molecule has 2 aromatic rings. The van der Waals surface area contributed by atoms with Crippen LogP contribution in [-0.4, -0.2) is 12.9 Å². The fourth-order valence-corrected chi connectivity index (χ4v) is 2.09. The number of halogens is 3. The molecular weight excluding hydrogens is 335 g/mol. The Morgan fingerprint density at radius 3 is 2.74 bits per heavy atom. The van der Waals surface area contributed by atoms with Crippen LogP contribution in [0.15, 0.2) is 40.9 Å². The highest BCUT2D eigenvalue weighted by atomic mass is 79.9. The molecule has 0 heterocycles. The summed E-state index contributed by atoms with van der Waals surface area (Å²) >= 11 is 8.88. The summed E-state index contributed by atoms with van der Waals surface area (Å²) in [4.78, 5) is 12.2. The highest BCUT2D eigenvalue weighted by molar-refractivity contribution is 9.10. The van der Waals surface area contributed by atoms with Gasteiger partial charge in [-0.3, -0.25) is 4.79 Å². The molecule has 0 aliphatic heterocycles. The van der Waals surface area contributed by atoms with Crippen LogP contribution < -0.4 is 4.74 Å². The van der Waals surface area contributed by atoms with Gasteiger partial charge in [-0.15, -0.1) is 0 Å². The normalized spacial score (nSPS) is 10.3. The minimum atomic E-state index is -0.733. The summed E-state index contributed by atoms with van der Waals surface area (Å²) in [5.74, 6) is -0.635. The fourth-order valence-electron chi connectivity index (χ4n) is 1.62. The van der Waals surface area contributed by atoms with Crippen molar-refractivity contribution in [3.05, 3.63) is 62.8 Å². The number of carbonyl (C=O) groups is 1. The number of hydrogen-bond acceptors (Lipinski definition) is 2. The van der Waals surface area contributed by atoms with E-state index < -0.39 is 11.6 Å². The molecule has 0 atom stereocenters. The fraction of sp³-hybridized carbons (Fsp3) is 0.0714. The second-order valence-corrected chi connectivity index (χ2v) is 5.02. The summed E-state index contributed by atoms with van der Waals surface area (Å²) < 4.78 is 19.4. The number of carbonyl (C=O) groups excluding carboxylic acids is 1. The lowest BCUT2D eigenvalue weighted by molar-refractivity contribution is 0.103. The quantitative estimate of drug-likeness (QED) is 0.606. The molecule has 5 heteroatoms. The highest BCUT2D eigenvalue weighted by Crippen LogP contribution is 2.29. The predicted molar refractivity (Wildman–Crippen MR) is 75.5 cm³/mol. The topological polar surface area (TPSA) is 26.3 Å². The van der Waals surface area contributed by atoms with Gasteiger partial charge < -0.3 is 4.74 Å². The first-order valence-corrected chi connectivity index (χ1v) is 6.54.